The summed E-state index contributed by atoms with van der Waals surface area (Å²) in [6.45, 7) is 3.98. The van der Waals surface area contributed by atoms with Crippen LogP contribution in [0.15, 0.2) is 23.6 Å². The number of rotatable bonds is 4. The van der Waals surface area contributed by atoms with Gasteiger partial charge in [0, 0.05) is 30.6 Å². The molecule has 0 spiro atoms. The number of benzene rings is 1. The summed E-state index contributed by atoms with van der Waals surface area (Å²) in [6, 6.07) is 4.92. The first kappa shape index (κ1) is 17.0. The molecule has 1 aromatic carbocycles. The second-order valence-electron chi connectivity index (χ2n) is 6.03. The van der Waals surface area contributed by atoms with E-state index >= 15 is 0 Å². The number of anilines is 2. The van der Waals surface area contributed by atoms with E-state index in [0.29, 0.717) is 22.1 Å². The van der Waals surface area contributed by atoms with Crippen molar-refractivity contribution in [3.8, 4) is 5.75 Å². The lowest BCUT2D eigenvalue weighted by Crippen LogP contribution is -2.35. The number of ether oxygens (including phenoxy) is 2. The van der Waals surface area contributed by atoms with Gasteiger partial charge < -0.3 is 14.8 Å². The Bertz CT molecular complexity index is 832. The molecule has 0 saturated carbocycles. The molecule has 3 heterocycles. The summed E-state index contributed by atoms with van der Waals surface area (Å²) in [7, 11) is 0. The van der Waals surface area contributed by atoms with Gasteiger partial charge in [-0.3, -0.25) is 19.8 Å². The fraction of sp³-hybridized carbons (Fsp3) is 0.353. The van der Waals surface area contributed by atoms with Crippen molar-refractivity contribution in [2.75, 3.05) is 43.5 Å². The number of aromatic nitrogens is 1. The number of fused-ring (bicyclic) bond motifs is 1. The third-order valence-electron chi connectivity index (χ3n) is 4.14. The Hall–Kier alpha value is -2.49. The van der Waals surface area contributed by atoms with Gasteiger partial charge in [-0.2, -0.15) is 0 Å². The van der Waals surface area contributed by atoms with Crippen molar-refractivity contribution >= 4 is 34.0 Å². The van der Waals surface area contributed by atoms with Crippen molar-refractivity contribution in [3.63, 3.8) is 0 Å². The van der Waals surface area contributed by atoms with Crippen LogP contribution in [0.4, 0.5) is 10.8 Å². The van der Waals surface area contributed by atoms with E-state index in [1.807, 2.05) is 5.38 Å². The molecule has 26 heavy (non-hydrogen) atoms. The topological polar surface area (TPSA) is 92.8 Å². The molecule has 2 aliphatic rings. The summed E-state index contributed by atoms with van der Waals surface area (Å²) >= 11 is 1.40. The molecule has 1 saturated heterocycles. The molecule has 4 rings (SSSR count). The normalized spacial score (nSPS) is 17.2. The molecule has 2 aromatic rings. The molecule has 0 unspecified atom stereocenters. The van der Waals surface area contributed by atoms with Gasteiger partial charge in [-0.15, -0.1) is 11.3 Å². The monoisotopic (exact) mass is 374 g/mol. The van der Waals surface area contributed by atoms with Gasteiger partial charge in [0.25, 0.3) is 11.8 Å². The van der Waals surface area contributed by atoms with Crippen LogP contribution in [-0.4, -0.2) is 54.6 Å². The molecule has 2 N–H and O–H groups in total. The van der Waals surface area contributed by atoms with E-state index in [0.717, 1.165) is 38.5 Å². The molecular formula is C17H18N4O4S. The number of hydrogen-bond acceptors (Lipinski definition) is 7. The quantitative estimate of drug-likeness (QED) is 0.844. The Labute approximate surface area is 154 Å². The standard InChI is InChI=1S/C17H18N4O4S/c22-15-9-25-14-7-11(1-2-13(14)19-15)16(23)20-17-18-12(10-26-17)8-21-3-5-24-6-4-21/h1-2,7,10H,3-6,8-9H2,(H,19,22)(H,18,20,23). The van der Waals surface area contributed by atoms with Crippen molar-refractivity contribution in [1.29, 1.82) is 0 Å². The highest BCUT2D eigenvalue weighted by atomic mass is 32.1. The lowest BCUT2D eigenvalue weighted by atomic mass is 10.1. The van der Waals surface area contributed by atoms with Gasteiger partial charge in [-0.25, -0.2) is 4.98 Å². The molecule has 2 aliphatic heterocycles. The molecule has 0 bridgehead atoms. The van der Waals surface area contributed by atoms with Gasteiger partial charge in [0.15, 0.2) is 11.7 Å². The minimum atomic E-state index is -0.263. The van der Waals surface area contributed by atoms with Crippen molar-refractivity contribution in [3.05, 3.63) is 34.8 Å². The maximum absolute atomic E-state index is 12.4. The zero-order chi connectivity index (χ0) is 17.9. The maximum Gasteiger partial charge on any atom is 0.262 e. The number of amides is 2. The van der Waals surface area contributed by atoms with Gasteiger partial charge in [0.05, 0.1) is 24.6 Å². The van der Waals surface area contributed by atoms with Gasteiger partial charge in [0.1, 0.15) is 5.75 Å². The average Bonchev–Trinajstić information content (AvgIpc) is 3.08. The van der Waals surface area contributed by atoms with Gasteiger partial charge in [-0.05, 0) is 18.2 Å². The van der Waals surface area contributed by atoms with Gasteiger partial charge >= 0.3 is 0 Å². The number of thiazole rings is 1. The number of nitrogens with zero attached hydrogens (tertiary/aromatic N) is 2. The number of hydrogen-bond donors (Lipinski definition) is 2. The lowest BCUT2D eigenvalue weighted by molar-refractivity contribution is -0.118. The van der Waals surface area contributed by atoms with Gasteiger partial charge in [0.2, 0.25) is 0 Å². The SMILES string of the molecule is O=C1COc2cc(C(=O)Nc3nc(CN4CCOCC4)cs3)ccc2N1. The maximum atomic E-state index is 12.4. The largest absolute Gasteiger partial charge is 0.482 e. The second-order valence-corrected chi connectivity index (χ2v) is 6.89. The predicted molar refractivity (Wildman–Crippen MR) is 96.7 cm³/mol. The van der Waals surface area contributed by atoms with Crippen molar-refractivity contribution in [2.45, 2.75) is 6.54 Å². The summed E-state index contributed by atoms with van der Waals surface area (Å²) in [6.07, 6.45) is 0. The van der Waals surface area contributed by atoms with E-state index in [1.54, 1.807) is 18.2 Å². The Morgan fingerprint density at radius 2 is 2.19 bits per heavy atom. The molecule has 9 heteroatoms. The highest BCUT2D eigenvalue weighted by molar-refractivity contribution is 7.14. The first-order chi connectivity index (χ1) is 12.7. The predicted octanol–water partition coefficient (Wildman–Crippen LogP) is 1.56. The summed E-state index contributed by atoms with van der Waals surface area (Å²) in [5, 5.41) is 8.03. The minimum absolute atomic E-state index is 0.0462. The minimum Gasteiger partial charge on any atom is -0.482 e. The number of morpholine rings is 1. The van der Waals surface area contributed by atoms with E-state index < -0.39 is 0 Å². The van der Waals surface area contributed by atoms with Crippen LogP contribution in [0.5, 0.6) is 5.75 Å². The highest BCUT2D eigenvalue weighted by Crippen LogP contribution is 2.29. The van der Waals surface area contributed by atoms with E-state index in [1.165, 1.54) is 11.3 Å². The van der Waals surface area contributed by atoms with Crippen LogP contribution >= 0.6 is 11.3 Å². The van der Waals surface area contributed by atoms with E-state index in [9.17, 15) is 9.59 Å². The number of carbonyl (C=O) groups excluding carboxylic acids is 2. The Balaban J connectivity index is 1.39. The fourth-order valence-electron chi connectivity index (χ4n) is 2.81. The Kier molecular flexibility index (Phi) is 4.83. The molecule has 0 radical (unpaired) electrons. The summed E-state index contributed by atoms with van der Waals surface area (Å²) in [5.41, 5.74) is 1.95. The summed E-state index contributed by atoms with van der Waals surface area (Å²) < 4.78 is 10.7. The Morgan fingerprint density at radius 1 is 1.35 bits per heavy atom. The number of nitrogens with one attached hydrogen (secondary N) is 2. The lowest BCUT2D eigenvalue weighted by Gasteiger charge is -2.25. The van der Waals surface area contributed by atoms with Crippen LogP contribution in [0.25, 0.3) is 0 Å². The molecular weight excluding hydrogens is 356 g/mol. The first-order valence-corrected chi connectivity index (χ1v) is 9.18. The van der Waals surface area contributed by atoms with E-state index in [4.69, 9.17) is 9.47 Å². The van der Waals surface area contributed by atoms with Crippen LogP contribution in [0.1, 0.15) is 16.1 Å². The van der Waals surface area contributed by atoms with Crippen LogP contribution < -0.4 is 15.4 Å². The fourth-order valence-corrected chi connectivity index (χ4v) is 3.51. The van der Waals surface area contributed by atoms with E-state index in [2.05, 4.69) is 20.5 Å². The van der Waals surface area contributed by atoms with E-state index in [-0.39, 0.29) is 18.4 Å². The summed E-state index contributed by atoms with van der Waals surface area (Å²) in [5.74, 6) is 0.0234. The first-order valence-electron chi connectivity index (χ1n) is 8.30. The van der Waals surface area contributed by atoms with Crippen LogP contribution in [-0.2, 0) is 16.1 Å². The smallest absolute Gasteiger partial charge is 0.262 e. The van der Waals surface area contributed by atoms with Crippen LogP contribution in [0.2, 0.25) is 0 Å². The molecule has 2 amide bonds. The average molecular weight is 374 g/mol. The van der Waals surface area contributed by atoms with Gasteiger partial charge in [-0.1, -0.05) is 0 Å². The molecule has 1 fully saturated rings. The van der Waals surface area contributed by atoms with Crippen LogP contribution in [0.3, 0.4) is 0 Å². The third kappa shape index (κ3) is 3.85. The molecule has 136 valence electrons. The van der Waals surface area contributed by atoms with Crippen LogP contribution in [0, 0.1) is 0 Å². The highest BCUT2D eigenvalue weighted by Gasteiger charge is 2.19. The van der Waals surface area contributed by atoms with Crippen molar-refractivity contribution in [2.24, 2.45) is 0 Å². The zero-order valence-electron chi connectivity index (χ0n) is 14.0. The molecule has 0 atom stereocenters. The molecule has 0 aliphatic carbocycles. The molecule has 8 nitrogen and oxygen atoms in total. The third-order valence-corrected chi connectivity index (χ3v) is 4.94. The second kappa shape index (κ2) is 7.40. The molecule has 1 aromatic heterocycles. The summed E-state index contributed by atoms with van der Waals surface area (Å²) in [4.78, 5) is 30.5. The number of carbonyl (C=O) groups is 2. The zero-order valence-corrected chi connectivity index (χ0v) is 14.8. The van der Waals surface area contributed by atoms with Crippen molar-refractivity contribution in [1.82, 2.24) is 9.88 Å². The Morgan fingerprint density at radius 3 is 3.04 bits per heavy atom. The van der Waals surface area contributed by atoms with Crippen molar-refractivity contribution < 1.29 is 19.1 Å².